The van der Waals surface area contributed by atoms with Crippen molar-refractivity contribution < 1.29 is 9.59 Å². The van der Waals surface area contributed by atoms with Crippen LogP contribution in [0.25, 0.3) is 0 Å². The van der Waals surface area contributed by atoms with Crippen LogP contribution >= 0.6 is 11.6 Å². The first-order chi connectivity index (χ1) is 12.9. The molecule has 2 aromatic carbocycles. The number of amides is 1. The van der Waals surface area contributed by atoms with Gasteiger partial charge in [-0.1, -0.05) is 29.8 Å². The molecule has 0 saturated carbocycles. The summed E-state index contributed by atoms with van der Waals surface area (Å²) in [5.74, 6) is 0.253. The number of carbonyl (C=O) groups excluding carboxylic acids is 2. The van der Waals surface area contributed by atoms with Gasteiger partial charge in [-0.2, -0.15) is 0 Å². The van der Waals surface area contributed by atoms with Gasteiger partial charge in [0, 0.05) is 28.2 Å². The molecule has 0 aliphatic carbocycles. The standard InChI is InChI=1S/C21H18ClN3O2/c1-13-6-8-17(22)11-19(13)25-20-9-7-16(12-23-20)21(27)24-18-5-3-4-15(10-18)14(2)26/h3-12H,1-2H3,(H,23,25)(H,24,27). The fourth-order valence-electron chi connectivity index (χ4n) is 2.49. The van der Waals surface area contributed by atoms with Crippen molar-refractivity contribution in [2.75, 3.05) is 10.6 Å². The van der Waals surface area contributed by atoms with Crippen LogP contribution in [0.4, 0.5) is 17.2 Å². The minimum atomic E-state index is -0.298. The highest BCUT2D eigenvalue weighted by atomic mass is 35.5. The van der Waals surface area contributed by atoms with Crippen molar-refractivity contribution in [1.82, 2.24) is 4.98 Å². The number of ketones is 1. The summed E-state index contributed by atoms with van der Waals surface area (Å²) in [6.45, 7) is 3.45. The summed E-state index contributed by atoms with van der Waals surface area (Å²) in [4.78, 5) is 28.1. The lowest BCUT2D eigenvalue weighted by atomic mass is 10.1. The second-order valence-corrected chi connectivity index (χ2v) is 6.54. The molecule has 0 fully saturated rings. The quantitative estimate of drug-likeness (QED) is 0.594. The number of hydrogen-bond acceptors (Lipinski definition) is 4. The molecule has 0 atom stereocenters. The Bertz CT molecular complexity index is 1000. The molecule has 0 aliphatic rings. The first-order valence-electron chi connectivity index (χ1n) is 8.34. The third-order valence-electron chi connectivity index (χ3n) is 4.01. The van der Waals surface area contributed by atoms with Gasteiger partial charge in [0.25, 0.3) is 5.91 Å². The number of anilines is 3. The maximum Gasteiger partial charge on any atom is 0.257 e. The van der Waals surface area contributed by atoms with E-state index >= 15 is 0 Å². The van der Waals surface area contributed by atoms with Crippen LogP contribution in [0.15, 0.2) is 60.8 Å². The molecule has 0 radical (unpaired) electrons. The minimum Gasteiger partial charge on any atom is -0.340 e. The summed E-state index contributed by atoms with van der Waals surface area (Å²) in [7, 11) is 0. The van der Waals surface area contributed by atoms with Gasteiger partial charge in [0.2, 0.25) is 0 Å². The van der Waals surface area contributed by atoms with E-state index in [4.69, 9.17) is 11.6 Å². The van der Waals surface area contributed by atoms with E-state index in [9.17, 15) is 9.59 Å². The highest BCUT2D eigenvalue weighted by Crippen LogP contribution is 2.23. The number of rotatable bonds is 5. The smallest absolute Gasteiger partial charge is 0.257 e. The summed E-state index contributed by atoms with van der Waals surface area (Å²) in [6.07, 6.45) is 1.49. The fraction of sp³-hybridized carbons (Fsp3) is 0.0952. The van der Waals surface area contributed by atoms with Gasteiger partial charge in [0.05, 0.1) is 5.56 Å². The Morgan fingerprint density at radius 3 is 2.52 bits per heavy atom. The van der Waals surface area contributed by atoms with Crippen LogP contribution in [0.3, 0.4) is 0 Å². The number of benzene rings is 2. The summed E-state index contributed by atoms with van der Waals surface area (Å²) >= 11 is 6.02. The van der Waals surface area contributed by atoms with E-state index < -0.39 is 0 Å². The predicted molar refractivity (Wildman–Crippen MR) is 108 cm³/mol. The topological polar surface area (TPSA) is 71.1 Å². The van der Waals surface area contributed by atoms with Crippen LogP contribution < -0.4 is 10.6 Å². The first kappa shape index (κ1) is 18.6. The Balaban J connectivity index is 1.71. The SMILES string of the molecule is CC(=O)c1cccc(NC(=O)c2ccc(Nc3cc(Cl)ccc3C)nc2)c1. The van der Waals surface area contributed by atoms with E-state index in [0.29, 0.717) is 27.7 Å². The third kappa shape index (κ3) is 4.71. The number of hydrogen-bond donors (Lipinski definition) is 2. The lowest BCUT2D eigenvalue weighted by Crippen LogP contribution is -2.12. The van der Waals surface area contributed by atoms with Crippen LogP contribution in [-0.4, -0.2) is 16.7 Å². The van der Waals surface area contributed by atoms with Crippen LogP contribution in [0.2, 0.25) is 5.02 Å². The van der Waals surface area contributed by atoms with Crippen LogP contribution in [-0.2, 0) is 0 Å². The number of Topliss-reactive ketones (excluding diaryl/α,β-unsaturated/α-hetero) is 1. The molecule has 27 heavy (non-hydrogen) atoms. The summed E-state index contributed by atoms with van der Waals surface area (Å²) in [5.41, 5.74) is 3.41. The van der Waals surface area contributed by atoms with Crippen molar-refractivity contribution in [1.29, 1.82) is 0 Å². The van der Waals surface area contributed by atoms with Crippen molar-refractivity contribution in [2.45, 2.75) is 13.8 Å². The summed E-state index contributed by atoms with van der Waals surface area (Å²) in [6, 6.07) is 15.8. The molecule has 0 unspecified atom stereocenters. The Labute approximate surface area is 162 Å². The maximum atomic E-state index is 12.4. The molecule has 3 rings (SSSR count). The summed E-state index contributed by atoms with van der Waals surface area (Å²) in [5, 5.41) is 6.59. The first-order valence-corrected chi connectivity index (χ1v) is 8.72. The molecule has 0 spiro atoms. The van der Waals surface area contributed by atoms with Gasteiger partial charge in [-0.3, -0.25) is 9.59 Å². The third-order valence-corrected chi connectivity index (χ3v) is 4.25. The lowest BCUT2D eigenvalue weighted by Gasteiger charge is -2.10. The minimum absolute atomic E-state index is 0.0560. The molecule has 136 valence electrons. The Morgan fingerprint density at radius 1 is 1.00 bits per heavy atom. The number of pyridine rings is 1. The van der Waals surface area contributed by atoms with Crippen molar-refractivity contribution in [3.8, 4) is 0 Å². The van der Waals surface area contributed by atoms with Gasteiger partial charge in [0.15, 0.2) is 5.78 Å². The zero-order valence-corrected chi connectivity index (χ0v) is 15.7. The van der Waals surface area contributed by atoms with Gasteiger partial charge in [-0.25, -0.2) is 4.98 Å². The Morgan fingerprint density at radius 2 is 1.81 bits per heavy atom. The number of halogens is 1. The molecule has 3 aromatic rings. The fourth-order valence-corrected chi connectivity index (χ4v) is 2.66. The molecular weight excluding hydrogens is 362 g/mol. The monoisotopic (exact) mass is 379 g/mol. The van der Waals surface area contributed by atoms with E-state index in [1.54, 1.807) is 36.4 Å². The second-order valence-electron chi connectivity index (χ2n) is 6.11. The van der Waals surface area contributed by atoms with Gasteiger partial charge in [-0.05, 0) is 55.8 Å². The normalized spacial score (nSPS) is 10.3. The van der Waals surface area contributed by atoms with Gasteiger partial charge in [0.1, 0.15) is 5.82 Å². The van der Waals surface area contributed by atoms with Crippen LogP contribution in [0.5, 0.6) is 0 Å². The van der Waals surface area contributed by atoms with Crippen molar-refractivity contribution in [2.24, 2.45) is 0 Å². The molecule has 5 nitrogen and oxygen atoms in total. The molecular formula is C21H18ClN3O2. The molecule has 1 amide bonds. The van der Waals surface area contributed by atoms with E-state index in [1.165, 1.54) is 13.1 Å². The van der Waals surface area contributed by atoms with Crippen LogP contribution in [0.1, 0.15) is 33.2 Å². The van der Waals surface area contributed by atoms with Gasteiger partial charge in [-0.15, -0.1) is 0 Å². The van der Waals surface area contributed by atoms with Crippen molar-refractivity contribution in [3.63, 3.8) is 0 Å². The predicted octanol–water partition coefficient (Wildman–Crippen LogP) is 5.24. The molecule has 0 bridgehead atoms. The number of nitrogens with zero attached hydrogens (tertiary/aromatic N) is 1. The zero-order chi connectivity index (χ0) is 19.4. The van der Waals surface area contributed by atoms with E-state index in [2.05, 4.69) is 15.6 Å². The highest BCUT2D eigenvalue weighted by Gasteiger charge is 2.09. The molecule has 1 heterocycles. The maximum absolute atomic E-state index is 12.4. The molecule has 1 aromatic heterocycles. The van der Waals surface area contributed by atoms with Crippen molar-refractivity contribution >= 4 is 40.5 Å². The second kappa shape index (κ2) is 8.01. The van der Waals surface area contributed by atoms with E-state index in [-0.39, 0.29) is 11.7 Å². The van der Waals surface area contributed by atoms with Gasteiger partial charge >= 0.3 is 0 Å². The van der Waals surface area contributed by atoms with Crippen LogP contribution in [0, 0.1) is 6.92 Å². The number of nitrogens with one attached hydrogen (secondary N) is 2. The molecule has 0 saturated heterocycles. The highest BCUT2D eigenvalue weighted by molar-refractivity contribution is 6.30. The molecule has 6 heteroatoms. The molecule has 2 N–H and O–H groups in total. The number of aryl methyl sites for hydroxylation is 1. The van der Waals surface area contributed by atoms with E-state index in [1.807, 2.05) is 25.1 Å². The van der Waals surface area contributed by atoms with Crippen molar-refractivity contribution in [3.05, 3.63) is 82.5 Å². The zero-order valence-electron chi connectivity index (χ0n) is 14.9. The lowest BCUT2D eigenvalue weighted by molar-refractivity contribution is 0.101. The van der Waals surface area contributed by atoms with E-state index in [0.717, 1.165) is 11.3 Å². The van der Waals surface area contributed by atoms with Gasteiger partial charge < -0.3 is 10.6 Å². The molecule has 0 aliphatic heterocycles. The Kier molecular flexibility index (Phi) is 5.52. The average Bonchev–Trinajstić information content (AvgIpc) is 2.65. The summed E-state index contributed by atoms with van der Waals surface area (Å²) < 4.78 is 0. The number of aromatic nitrogens is 1. The largest absolute Gasteiger partial charge is 0.340 e. The Hall–Kier alpha value is -3.18. The number of carbonyl (C=O) groups is 2. The average molecular weight is 380 g/mol.